The van der Waals surface area contributed by atoms with Gasteiger partial charge in [-0.15, -0.1) is 0 Å². The molecule has 1 aliphatic rings. The molecule has 2 heterocycles. The summed E-state index contributed by atoms with van der Waals surface area (Å²) < 4.78 is 19.5. The van der Waals surface area contributed by atoms with Crippen LogP contribution < -0.4 is 5.32 Å². The Morgan fingerprint density at radius 3 is 2.71 bits per heavy atom. The molecule has 1 aromatic heterocycles. The number of hydrogen-bond acceptors (Lipinski definition) is 4. The molecule has 4 rings (SSSR count). The lowest BCUT2D eigenvalue weighted by atomic mass is 10.2. The summed E-state index contributed by atoms with van der Waals surface area (Å²) >= 11 is 13.2. The van der Waals surface area contributed by atoms with Crippen LogP contribution in [0.4, 0.5) is 10.1 Å². The molecule has 0 radical (unpaired) electrons. The number of amides is 1. The van der Waals surface area contributed by atoms with Gasteiger partial charge in [0.15, 0.2) is 5.17 Å². The Morgan fingerprint density at radius 1 is 1.11 bits per heavy atom. The van der Waals surface area contributed by atoms with E-state index in [0.717, 1.165) is 11.8 Å². The third-order valence-corrected chi connectivity index (χ3v) is 5.28. The maximum Gasteiger partial charge on any atom is 0.264 e. The highest BCUT2D eigenvalue weighted by atomic mass is 35.5. The molecule has 0 atom stereocenters. The van der Waals surface area contributed by atoms with Gasteiger partial charge in [0, 0.05) is 16.7 Å². The van der Waals surface area contributed by atoms with Crippen LogP contribution in [0, 0.1) is 5.82 Å². The minimum atomic E-state index is -0.460. The number of carbonyl (C=O) groups is 1. The third kappa shape index (κ3) is 3.99. The van der Waals surface area contributed by atoms with Gasteiger partial charge in [-0.05, 0) is 54.2 Å². The number of amidine groups is 1. The molecule has 1 aliphatic heterocycles. The van der Waals surface area contributed by atoms with Crippen molar-refractivity contribution in [3.8, 4) is 11.3 Å². The van der Waals surface area contributed by atoms with Gasteiger partial charge in [-0.2, -0.15) is 0 Å². The van der Waals surface area contributed by atoms with E-state index in [-0.39, 0.29) is 11.6 Å². The second kappa shape index (κ2) is 7.83. The fourth-order valence-electron chi connectivity index (χ4n) is 2.53. The van der Waals surface area contributed by atoms with Gasteiger partial charge in [0.05, 0.1) is 9.93 Å². The van der Waals surface area contributed by atoms with Crippen LogP contribution in [0.25, 0.3) is 17.4 Å². The second-order valence-corrected chi connectivity index (χ2v) is 7.63. The summed E-state index contributed by atoms with van der Waals surface area (Å²) in [6.45, 7) is 0. The molecule has 3 aromatic rings. The van der Waals surface area contributed by atoms with Crippen LogP contribution >= 0.6 is 35.0 Å². The Kier molecular flexibility index (Phi) is 5.26. The van der Waals surface area contributed by atoms with E-state index in [1.54, 1.807) is 48.5 Å². The first kappa shape index (κ1) is 18.8. The number of rotatable bonds is 3. The molecule has 1 amide bonds. The molecule has 4 nitrogen and oxygen atoms in total. The summed E-state index contributed by atoms with van der Waals surface area (Å²) in [7, 11) is 0. The maximum atomic E-state index is 13.7. The standard InChI is InChI=1S/C20H11Cl2FN2O2S/c21-11-5-7-13(14(22)9-11)17-8-6-12(27-17)10-18-19(26)25-20(28-18)24-16-4-2-1-3-15(16)23/h1-10H,(H,24,25,26)/b18-10-. The van der Waals surface area contributed by atoms with Crippen LogP contribution in [0.15, 0.2) is 68.9 Å². The van der Waals surface area contributed by atoms with Crippen molar-refractivity contribution in [1.29, 1.82) is 0 Å². The summed E-state index contributed by atoms with van der Waals surface area (Å²) in [5.74, 6) is 0.239. The topological polar surface area (TPSA) is 54.6 Å². The number of carbonyl (C=O) groups excluding carboxylic acids is 1. The fraction of sp³-hybridized carbons (Fsp3) is 0. The number of thioether (sulfide) groups is 1. The summed E-state index contributed by atoms with van der Waals surface area (Å²) in [5.41, 5.74) is 0.852. The SMILES string of the molecule is O=C1NC(=Nc2ccccc2F)S/C1=C\c1ccc(-c2ccc(Cl)cc2Cl)o1. The number of aliphatic imine (C=N–C) groups is 1. The molecule has 140 valence electrons. The quantitative estimate of drug-likeness (QED) is 0.495. The first-order chi connectivity index (χ1) is 13.5. The molecule has 0 bridgehead atoms. The van der Waals surface area contributed by atoms with Gasteiger partial charge in [0.25, 0.3) is 5.91 Å². The van der Waals surface area contributed by atoms with Crippen molar-refractivity contribution in [3.63, 3.8) is 0 Å². The first-order valence-corrected chi connectivity index (χ1v) is 9.66. The summed E-state index contributed by atoms with van der Waals surface area (Å²) in [6.07, 6.45) is 1.59. The van der Waals surface area contributed by atoms with Crippen molar-refractivity contribution in [2.45, 2.75) is 0 Å². The molecule has 0 spiro atoms. The minimum absolute atomic E-state index is 0.157. The van der Waals surface area contributed by atoms with E-state index in [4.69, 9.17) is 27.6 Å². The van der Waals surface area contributed by atoms with Crippen LogP contribution in [0.2, 0.25) is 10.0 Å². The normalized spacial score (nSPS) is 16.8. The van der Waals surface area contributed by atoms with Crippen molar-refractivity contribution in [2.24, 2.45) is 4.99 Å². The summed E-state index contributed by atoms with van der Waals surface area (Å²) in [6, 6.07) is 14.7. The van der Waals surface area contributed by atoms with E-state index in [9.17, 15) is 9.18 Å². The highest BCUT2D eigenvalue weighted by Gasteiger charge is 2.24. The Bertz CT molecular complexity index is 1140. The molecular formula is C20H11Cl2FN2O2S. The molecule has 1 N–H and O–H groups in total. The highest BCUT2D eigenvalue weighted by Crippen LogP contribution is 2.33. The average molecular weight is 433 g/mol. The average Bonchev–Trinajstić information content (AvgIpc) is 3.24. The molecule has 28 heavy (non-hydrogen) atoms. The lowest BCUT2D eigenvalue weighted by Crippen LogP contribution is -2.19. The number of halogens is 3. The molecule has 0 saturated carbocycles. The highest BCUT2D eigenvalue weighted by molar-refractivity contribution is 8.18. The van der Waals surface area contributed by atoms with Crippen LogP contribution in [-0.2, 0) is 4.79 Å². The number of nitrogens with one attached hydrogen (secondary N) is 1. The van der Waals surface area contributed by atoms with E-state index < -0.39 is 5.82 Å². The molecule has 0 unspecified atom stereocenters. The smallest absolute Gasteiger partial charge is 0.264 e. The molecule has 1 saturated heterocycles. The Morgan fingerprint density at radius 2 is 1.93 bits per heavy atom. The van der Waals surface area contributed by atoms with Crippen LogP contribution in [0.5, 0.6) is 0 Å². The Balaban J connectivity index is 1.57. The van der Waals surface area contributed by atoms with E-state index in [2.05, 4.69) is 10.3 Å². The summed E-state index contributed by atoms with van der Waals surface area (Å²) in [4.78, 5) is 16.7. The van der Waals surface area contributed by atoms with Gasteiger partial charge >= 0.3 is 0 Å². The second-order valence-electron chi connectivity index (χ2n) is 5.76. The van der Waals surface area contributed by atoms with E-state index in [0.29, 0.717) is 37.2 Å². The number of para-hydroxylation sites is 1. The maximum absolute atomic E-state index is 13.7. The number of hydrogen-bond donors (Lipinski definition) is 1. The number of furan rings is 1. The number of nitrogens with zero attached hydrogens (tertiary/aromatic N) is 1. The third-order valence-electron chi connectivity index (χ3n) is 3.82. The van der Waals surface area contributed by atoms with E-state index in [1.165, 1.54) is 12.1 Å². The monoisotopic (exact) mass is 432 g/mol. The van der Waals surface area contributed by atoms with Crippen LogP contribution in [-0.4, -0.2) is 11.1 Å². The van der Waals surface area contributed by atoms with Crippen molar-refractivity contribution in [2.75, 3.05) is 0 Å². The zero-order chi connectivity index (χ0) is 19.7. The molecule has 0 aliphatic carbocycles. The van der Waals surface area contributed by atoms with Gasteiger partial charge in [-0.3, -0.25) is 4.79 Å². The van der Waals surface area contributed by atoms with Gasteiger partial charge in [0.2, 0.25) is 0 Å². The fourth-order valence-corrected chi connectivity index (χ4v) is 3.84. The number of benzene rings is 2. The molecule has 1 fully saturated rings. The Hall–Kier alpha value is -2.54. The van der Waals surface area contributed by atoms with Gasteiger partial charge in [-0.1, -0.05) is 35.3 Å². The van der Waals surface area contributed by atoms with Gasteiger partial charge < -0.3 is 9.73 Å². The van der Waals surface area contributed by atoms with Crippen molar-refractivity contribution in [3.05, 3.63) is 81.1 Å². The molecule has 8 heteroatoms. The minimum Gasteiger partial charge on any atom is -0.457 e. The van der Waals surface area contributed by atoms with Crippen LogP contribution in [0.3, 0.4) is 0 Å². The molecule has 2 aromatic carbocycles. The van der Waals surface area contributed by atoms with Crippen molar-refractivity contribution < 1.29 is 13.6 Å². The van der Waals surface area contributed by atoms with Gasteiger partial charge in [-0.25, -0.2) is 9.38 Å². The van der Waals surface area contributed by atoms with Crippen molar-refractivity contribution >= 4 is 57.8 Å². The predicted octanol–water partition coefficient (Wildman–Crippen LogP) is 6.28. The van der Waals surface area contributed by atoms with Crippen LogP contribution in [0.1, 0.15) is 5.76 Å². The zero-order valence-corrected chi connectivity index (χ0v) is 16.4. The predicted molar refractivity (Wildman–Crippen MR) is 111 cm³/mol. The van der Waals surface area contributed by atoms with E-state index in [1.807, 2.05) is 0 Å². The van der Waals surface area contributed by atoms with E-state index >= 15 is 0 Å². The lowest BCUT2D eigenvalue weighted by Gasteiger charge is -2.00. The van der Waals surface area contributed by atoms with Crippen molar-refractivity contribution in [1.82, 2.24) is 5.32 Å². The first-order valence-electron chi connectivity index (χ1n) is 8.09. The largest absolute Gasteiger partial charge is 0.457 e. The lowest BCUT2D eigenvalue weighted by molar-refractivity contribution is -0.115. The molecular weight excluding hydrogens is 422 g/mol. The Labute approximate surface area is 174 Å². The summed E-state index contributed by atoms with van der Waals surface area (Å²) in [5, 5.41) is 3.91. The van der Waals surface area contributed by atoms with Gasteiger partial charge in [0.1, 0.15) is 23.0 Å². The zero-order valence-electron chi connectivity index (χ0n) is 14.1.